The van der Waals surface area contributed by atoms with Crippen molar-refractivity contribution in [1.82, 2.24) is 14.9 Å². The van der Waals surface area contributed by atoms with Crippen LogP contribution >= 0.6 is 11.3 Å². The van der Waals surface area contributed by atoms with Crippen LogP contribution in [0.1, 0.15) is 35.8 Å². The van der Waals surface area contributed by atoms with Crippen LogP contribution in [0.4, 0.5) is 5.13 Å². The lowest BCUT2D eigenvalue weighted by Crippen LogP contribution is -2.33. The zero-order valence-corrected chi connectivity index (χ0v) is 15.6. The van der Waals surface area contributed by atoms with E-state index in [1.54, 1.807) is 12.3 Å². The molecule has 0 aliphatic carbocycles. The molecule has 1 saturated heterocycles. The van der Waals surface area contributed by atoms with Crippen molar-refractivity contribution in [2.45, 2.75) is 26.3 Å². The number of piperidine rings is 1. The Morgan fingerprint density at radius 1 is 1.35 bits per heavy atom. The molecule has 26 heavy (non-hydrogen) atoms. The molecule has 2 aromatic heterocycles. The van der Waals surface area contributed by atoms with E-state index in [2.05, 4.69) is 27.1 Å². The Labute approximate surface area is 157 Å². The molecule has 1 N–H and O–H groups in total. The third kappa shape index (κ3) is 3.76. The fourth-order valence-electron chi connectivity index (χ4n) is 3.55. The number of likely N-dealkylation sites (tertiary alicyclic amines) is 1. The molecule has 3 heterocycles. The van der Waals surface area contributed by atoms with Gasteiger partial charge in [0.05, 0.1) is 16.8 Å². The van der Waals surface area contributed by atoms with Crippen molar-refractivity contribution in [1.29, 1.82) is 0 Å². The molecule has 6 heteroatoms. The van der Waals surface area contributed by atoms with Gasteiger partial charge >= 0.3 is 0 Å². The first kappa shape index (κ1) is 17.1. The summed E-state index contributed by atoms with van der Waals surface area (Å²) in [5.74, 6) is 0.609. The van der Waals surface area contributed by atoms with E-state index in [-0.39, 0.29) is 5.91 Å². The largest absolute Gasteiger partial charge is 0.298 e. The molecule has 1 aliphatic heterocycles. The average molecular weight is 366 g/mol. The maximum atomic E-state index is 12.7. The Morgan fingerprint density at radius 3 is 3.12 bits per heavy atom. The first-order valence-corrected chi connectivity index (χ1v) is 9.89. The third-order valence-electron chi connectivity index (χ3n) is 4.79. The van der Waals surface area contributed by atoms with Crippen LogP contribution in [-0.4, -0.2) is 33.9 Å². The quantitative estimate of drug-likeness (QED) is 0.753. The Bertz CT molecular complexity index is 918. The van der Waals surface area contributed by atoms with Gasteiger partial charge in [0.15, 0.2) is 5.13 Å². The van der Waals surface area contributed by atoms with Crippen LogP contribution in [0.15, 0.2) is 41.9 Å². The van der Waals surface area contributed by atoms with E-state index < -0.39 is 0 Å². The van der Waals surface area contributed by atoms with E-state index >= 15 is 0 Å². The van der Waals surface area contributed by atoms with Gasteiger partial charge in [-0.05, 0) is 37.4 Å². The molecule has 3 aromatic rings. The predicted octanol–water partition coefficient (Wildman–Crippen LogP) is 4.18. The maximum Gasteiger partial charge on any atom is 0.258 e. The summed E-state index contributed by atoms with van der Waals surface area (Å²) in [5, 5.41) is 6.48. The van der Waals surface area contributed by atoms with Gasteiger partial charge in [0.2, 0.25) is 0 Å². The molecule has 4 rings (SSSR count). The molecule has 0 saturated carbocycles. The van der Waals surface area contributed by atoms with E-state index in [1.165, 1.54) is 24.2 Å². The summed E-state index contributed by atoms with van der Waals surface area (Å²) < 4.78 is 0. The van der Waals surface area contributed by atoms with Gasteiger partial charge in [-0.2, -0.15) is 0 Å². The number of nitrogens with zero attached hydrogens (tertiary/aromatic N) is 3. The van der Waals surface area contributed by atoms with Gasteiger partial charge in [0, 0.05) is 30.1 Å². The van der Waals surface area contributed by atoms with Crippen LogP contribution in [-0.2, 0) is 6.54 Å². The van der Waals surface area contributed by atoms with Gasteiger partial charge < -0.3 is 0 Å². The van der Waals surface area contributed by atoms with Crippen LogP contribution in [0.25, 0.3) is 10.9 Å². The summed E-state index contributed by atoms with van der Waals surface area (Å²) in [7, 11) is 0. The fourth-order valence-corrected chi connectivity index (χ4v) is 4.25. The molecule has 1 amide bonds. The summed E-state index contributed by atoms with van der Waals surface area (Å²) >= 11 is 1.48. The van der Waals surface area contributed by atoms with Crippen LogP contribution in [0, 0.1) is 5.92 Å². The fraction of sp³-hybridized carbons (Fsp3) is 0.350. The Hall–Kier alpha value is -2.31. The second kappa shape index (κ2) is 7.51. The highest BCUT2D eigenvalue weighted by Gasteiger charge is 2.18. The van der Waals surface area contributed by atoms with E-state index in [0.717, 1.165) is 42.1 Å². The monoisotopic (exact) mass is 366 g/mol. The maximum absolute atomic E-state index is 12.7. The zero-order chi connectivity index (χ0) is 17.9. The van der Waals surface area contributed by atoms with Crippen LogP contribution in [0.3, 0.4) is 0 Å². The summed E-state index contributed by atoms with van der Waals surface area (Å²) in [5.41, 5.74) is 2.47. The lowest BCUT2D eigenvalue weighted by Gasteiger charge is -2.30. The Balaban J connectivity index is 1.46. The molecular weight excluding hydrogens is 344 g/mol. The summed E-state index contributed by atoms with van der Waals surface area (Å²) in [6, 6.07) is 9.42. The standard InChI is InChI=1S/C20H22N4OS/c1-14-5-4-10-24(11-14)12-15-13-26-20(22-15)23-19(25)17-8-9-21-18-7-3-2-6-16(17)18/h2-3,6-9,13-14H,4-5,10-12H2,1H3,(H,22,23,25). The molecule has 1 aromatic carbocycles. The van der Waals surface area contributed by atoms with Crippen LogP contribution < -0.4 is 5.32 Å². The van der Waals surface area contributed by atoms with Crippen molar-refractivity contribution in [3.05, 3.63) is 53.2 Å². The normalized spacial score (nSPS) is 18.1. The van der Waals surface area contributed by atoms with Gasteiger partial charge in [0.1, 0.15) is 0 Å². The number of hydrogen-bond donors (Lipinski definition) is 1. The summed E-state index contributed by atoms with van der Waals surface area (Å²) in [6.45, 7) is 5.42. The summed E-state index contributed by atoms with van der Waals surface area (Å²) in [4.78, 5) is 24.0. The Morgan fingerprint density at radius 2 is 2.23 bits per heavy atom. The molecule has 1 atom stereocenters. The second-order valence-corrected chi connectivity index (χ2v) is 7.81. The number of amides is 1. The van der Waals surface area contributed by atoms with Gasteiger partial charge in [-0.3, -0.25) is 20.0 Å². The van der Waals surface area contributed by atoms with E-state index in [4.69, 9.17) is 0 Å². The van der Waals surface area contributed by atoms with Crippen molar-refractivity contribution >= 4 is 33.3 Å². The van der Waals surface area contributed by atoms with Gasteiger partial charge in [-0.15, -0.1) is 11.3 Å². The Kier molecular flexibility index (Phi) is 4.95. The van der Waals surface area contributed by atoms with E-state index in [0.29, 0.717) is 10.7 Å². The first-order chi connectivity index (χ1) is 12.7. The highest BCUT2D eigenvalue weighted by Crippen LogP contribution is 2.22. The number of pyridine rings is 1. The number of rotatable bonds is 4. The number of thiazole rings is 1. The van der Waals surface area contributed by atoms with Crippen molar-refractivity contribution in [2.75, 3.05) is 18.4 Å². The minimum atomic E-state index is -0.143. The van der Waals surface area contributed by atoms with Crippen LogP contribution in [0.5, 0.6) is 0 Å². The topological polar surface area (TPSA) is 58.1 Å². The first-order valence-electron chi connectivity index (χ1n) is 9.01. The summed E-state index contributed by atoms with van der Waals surface area (Å²) in [6.07, 6.45) is 4.24. The third-order valence-corrected chi connectivity index (χ3v) is 5.60. The average Bonchev–Trinajstić information content (AvgIpc) is 3.08. The van der Waals surface area contributed by atoms with Crippen molar-refractivity contribution in [2.24, 2.45) is 5.92 Å². The van der Waals surface area contributed by atoms with Gasteiger partial charge in [0.25, 0.3) is 5.91 Å². The highest BCUT2D eigenvalue weighted by molar-refractivity contribution is 7.14. The van der Waals surface area contributed by atoms with Crippen molar-refractivity contribution < 1.29 is 4.79 Å². The number of nitrogens with one attached hydrogen (secondary N) is 1. The SMILES string of the molecule is CC1CCCN(Cc2csc(NC(=O)c3ccnc4ccccc34)n2)C1. The number of aromatic nitrogens is 2. The minimum Gasteiger partial charge on any atom is -0.298 e. The molecular formula is C20H22N4OS. The molecule has 0 radical (unpaired) electrons. The number of carbonyl (C=O) groups is 1. The second-order valence-electron chi connectivity index (χ2n) is 6.96. The van der Waals surface area contributed by atoms with Gasteiger partial charge in [-0.1, -0.05) is 25.1 Å². The number of fused-ring (bicyclic) bond motifs is 1. The molecule has 1 fully saturated rings. The van der Waals surface area contributed by atoms with Crippen LogP contribution in [0.2, 0.25) is 0 Å². The van der Waals surface area contributed by atoms with Crippen molar-refractivity contribution in [3.8, 4) is 0 Å². The van der Waals surface area contributed by atoms with E-state index in [9.17, 15) is 4.79 Å². The predicted molar refractivity (Wildman–Crippen MR) is 105 cm³/mol. The molecule has 1 unspecified atom stereocenters. The highest BCUT2D eigenvalue weighted by atomic mass is 32.1. The van der Waals surface area contributed by atoms with Gasteiger partial charge in [-0.25, -0.2) is 4.98 Å². The number of benzene rings is 1. The molecule has 0 bridgehead atoms. The zero-order valence-electron chi connectivity index (χ0n) is 14.8. The molecule has 134 valence electrons. The number of carbonyl (C=O) groups excluding carboxylic acids is 1. The molecule has 5 nitrogen and oxygen atoms in total. The number of anilines is 1. The molecule has 0 spiro atoms. The number of para-hydroxylation sites is 1. The van der Waals surface area contributed by atoms with Crippen molar-refractivity contribution in [3.63, 3.8) is 0 Å². The lowest BCUT2D eigenvalue weighted by molar-refractivity contribution is 0.102. The lowest BCUT2D eigenvalue weighted by atomic mass is 10.0. The smallest absolute Gasteiger partial charge is 0.258 e. The minimum absolute atomic E-state index is 0.143. The number of hydrogen-bond acceptors (Lipinski definition) is 5. The van der Waals surface area contributed by atoms with E-state index in [1.807, 2.05) is 29.6 Å². The molecule has 1 aliphatic rings.